The van der Waals surface area contributed by atoms with Crippen LogP contribution in [-0.2, 0) is 18.3 Å². The molecule has 1 aromatic rings. The standard InChI is InChI=1S/C14H26N4O/c1-11-5-14(10-15,6-12(2)19-11)17(3)8-13-7-16-18(4)9-13/h7,9,11-12H,5-6,8,10,15H2,1-4H3. The predicted octanol–water partition coefficient (Wildman–Crippen LogP) is 1.14. The SMILES string of the molecule is CC1CC(CN)(N(C)Cc2cnn(C)c2)CC(C)O1. The first-order valence-corrected chi connectivity index (χ1v) is 6.99. The lowest BCUT2D eigenvalue weighted by Gasteiger charge is -2.48. The van der Waals surface area contributed by atoms with Gasteiger partial charge in [-0.1, -0.05) is 0 Å². The molecule has 2 heterocycles. The first kappa shape index (κ1) is 14.5. The van der Waals surface area contributed by atoms with Crippen LogP contribution in [0.25, 0.3) is 0 Å². The Morgan fingerprint density at radius 1 is 1.47 bits per heavy atom. The average molecular weight is 266 g/mol. The van der Waals surface area contributed by atoms with Gasteiger partial charge in [-0.05, 0) is 33.7 Å². The highest BCUT2D eigenvalue weighted by molar-refractivity contribution is 5.06. The van der Waals surface area contributed by atoms with Gasteiger partial charge in [-0.2, -0.15) is 5.10 Å². The number of hydrogen-bond acceptors (Lipinski definition) is 4. The lowest BCUT2D eigenvalue weighted by molar-refractivity contribution is -0.0993. The number of nitrogens with zero attached hydrogens (tertiary/aromatic N) is 3. The van der Waals surface area contributed by atoms with Crippen LogP contribution in [-0.4, -0.2) is 46.0 Å². The smallest absolute Gasteiger partial charge is 0.0568 e. The second kappa shape index (κ2) is 5.61. The zero-order chi connectivity index (χ0) is 14.0. The van der Waals surface area contributed by atoms with Crippen molar-refractivity contribution >= 4 is 0 Å². The summed E-state index contributed by atoms with van der Waals surface area (Å²) < 4.78 is 7.69. The lowest BCUT2D eigenvalue weighted by atomic mass is 9.82. The minimum absolute atomic E-state index is 0.0346. The van der Waals surface area contributed by atoms with Gasteiger partial charge in [0.15, 0.2) is 0 Å². The van der Waals surface area contributed by atoms with E-state index in [1.54, 1.807) is 0 Å². The molecule has 1 fully saturated rings. The third kappa shape index (κ3) is 3.16. The maximum Gasteiger partial charge on any atom is 0.0568 e. The van der Waals surface area contributed by atoms with E-state index < -0.39 is 0 Å². The lowest BCUT2D eigenvalue weighted by Crippen LogP contribution is -2.58. The van der Waals surface area contributed by atoms with Crippen LogP contribution < -0.4 is 5.73 Å². The van der Waals surface area contributed by atoms with E-state index in [2.05, 4.69) is 37.1 Å². The van der Waals surface area contributed by atoms with Crippen molar-refractivity contribution in [1.29, 1.82) is 0 Å². The van der Waals surface area contributed by atoms with Crippen molar-refractivity contribution in [1.82, 2.24) is 14.7 Å². The molecule has 0 aromatic carbocycles. The molecule has 0 bridgehead atoms. The molecule has 5 nitrogen and oxygen atoms in total. The van der Waals surface area contributed by atoms with Gasteiger partial charge in [-0.3, -0.25) is 9.58 Å². The van der Waals surface area contributed by atoms with Gasteiger partial charge in [-0.15, -0.1) is 0 Å². The fourth-order valence-electron chi connectivity index (χ4n) is 3.28. The zero-order valence-electron chi connectivity index (χ0n) is 12.5. The van der Waals surface area contributed by atoms with Crippen molar-refractivity contribution in [3.8, 4) is 0 Å². The number of hydrogen-bond donors (Lipinski definition) is 1. The monoisotopic (exact) mass is 266 g/mol. The van der Waals surface area contributed by atoms with Crippen LogP contribution in [0.5, 0.6) is 0 Å². The Morgan fingerprint density at radius 3 is 2.58 bits per heavy atom. The maximum absolute atomic E-state index is 6.10. The van der Waals surface area contributed by atoms with Gasteiger partial charge in [0.2, 0.25) is 0 Å². The first-order valence-electron chi connectivity index (χ1n) is 6.99. The molecule has 1 saturated heterocycles. The number of aromatic nitrogens is 2. The molecule has 1 aromatic heterocycles. The van der Waals surface area contributed by atoms with Crippen molar-refractivity contribution in [2.75, 3.05) is 13.6 Å². The van der Waals surface area contributed by atoms with E-state index in [4.69, 9.17) is 10.5 Å². The summed E-state index contributed by atoms with van der Waals surface area (Å²) in [6.45, 7) is 5.82. The van der Waals surface area contributed by atoms with Crippen molar-refractivity contribution in [3.63, 3.8) is 0 Å². The molecule has 0 spiro atoms. The molecule has 1 aliphatic heterocycles. The van der Waals surface area contributed by atoms with Gasteiger partial charge < -0.3 is 10.5 Å². The Morgan fingerprint density at radius 2 is 2.11 bits per heavy atom. The third-order valence-corrected chi connectivity index (χ3v) is 4.17. The van der Waals surface area contributed by atoms with Crippen LogP contribution in [0.15, 0.2) is 12.4 Å². The summed E-state index contributed by atoms with van der Waals surface area (Å²) in [4.78, 5) is 2.37. The quantitative estimate of drug-likeness (QED) is 0.888. The third-order valence-electron chi connectivity index (χ3n) is 4.17. The Balaban J connectivity index is 2.11. The number of ether oxygens (including phenoxy) is 1. The second-order valence-electron chi connectivity index (χ2n) is 5.97. The Labute approximate surface area is 115 Å². The summed E-state index contributed by atoms with van der Waals surface area (Å²) in [5.41, 5.74) is 7.37. The summed E-state index contributed by atoms with van der Waals surface area (Å²) in [5, 5.41) is 4.23. The molecule has 0 aliphatic carbocycles. The van der Waals surface area contributed by atoms with Gasteiger partial charge in [0, 0.05) is 37.4 Å². The molecule has 2 N–H and O–H groups in total. The van der Waals surface area contributed by atoms with E-state index in [-0.39, 0.29) is 17.7 Å². The number of nitrogens with two attached hydrogens (primary N) is 1. The topological polar surface area (TPSA) is 56.3 Å². The predicted molar refractivity (Wildman–Crippen MR) is 75.7 cm³/mol. The van der Waals surface area contributed by atoms with Crippen LogP contribution in [0, 0.1) is 0 Å². The van der Waals surface area contributed by atoms with Crippen LogP contribution in [0.4, 0.5) is 0 Å². The normalized spacial score (nSPS) is 31.9. The molecular formula is C14H26N4O. The van der Waals surface area contributed by atoms with Gasteiger partial charge in [-0.25, -0.2) is 0 Å². The average Bonchev–Trinajstić information content (AvgIpc) is 2.73. The molecule has 1 aliphatic rings. The van der Waals surface area contributed by atoms with Crippen molar-refractivity contribution in [2.45, 2.75) is 51.0 Å². The molecule has 0 radical (unpaired) electrons. The van der Waals surface area contributed by atoms with Crippen LogP contribution in [0.1, 0.15) is 32.3 Å². The molecule has 108 valence electrons. The van der Waals surface area contributed by atoms with Gasteiger partial charge in [0.25, 0.3) is 0 Å². The molecule has 2 rings (SSSR count). The molecule has 0 amide bonds. The minimum Gasteiger partial charge on any atom is -0.375 e. The van der Waals surface area contributed by atoms with E-state index in [1.807, 2.05) is 17.9 Å². The Hall–Kier alpha value is -0.910. The van der Waals surface area contributed by atoms with E-state index in [9.17, 15) is 0 Å². The summed E-state index contributed by atoms with van der Waals surface area (Å²) in [5.74, 6) is 0. The molecule has 0 saturated carbocycles. The number of aryl methyl sites for hydroxylation is 1. The van der Waals surface area contributed by atoms with Crippen LogP contribution >= 0.6 is 0 Å². The molecule has 2 atom stereocenters. The fraction of sp³-hybridized carbons (Fsp3) is 0.786. The van der Waals surface area contributed by atoms with E-state index in [1.165, 1.54) is 5.56 Å². The van der Waals surface area contributed by atoms with Gasteiger partial charge >= 0.3 is 0 Å². The van der Waals surface area contributed by atoms with Crippen molar-refractivity contribution in [3.05, 3.63) is 18.0 Å². The molecule has 19 heavy (non-hydrogen) atoms. The second-order valence-corrected chi connectivity index (χ2v) is 5.97. The summed E-state index contributed by atoms with van der Waals surface area (Å²) >= 11 is 0. The van der Waals surface area contributed by atoms with Crippen LogP contribution in [0.2, 0.25) is 0 Å². The Kier molecular flexibility index (Phi) is 4.28. The highest BCUT2D eigenvalue weighted by Crippen LogP contribution is 2.33. The fourth-order valence-corrected chi connectivity index (χ4v) is 3.28. The van der Waals surface area contributed by atoms with Crippen molar-refractivity contribution < 1.29 is 4.74 Å². The highest BCUT2D eigenvalue weighted by Gasteiger charge is 2.40. The molecular weight excluding hydrogens is 240 g/mol. The van der Waals surface area contributed by atoms with E-state index >= 15 is 0 Å². The van der Waals surface area contributed by atoms with Crippen LogP contribution in [0.3, 0.4) is 0 Å². The highest BCUT2D eigenvalue weighted by atomic mass is 16.5. The minimum atomic E-state index is 0.0346. The largest absolute Gasteiger partial charge is 0.375 e. The zero-order valence-corrected chi connectivity index (χ0v) is 12.5. The first-order chi connectivity index (χ1) is 8.95. The summed E-state index contributed by atoms with van der Waals surface area (Å²) in [6.07, 6.45) is 6.50. The summed E-state index contributed by atoms with van der Waals surface area (Å²) in [6, 6.07) is 0. The molecule has 5 heteroatoms. The van der Waals surface area contributed by atoms with Gasteiger partial charge in [0.1, 0.15) is 0 Å². The summed E-state index contributed by atoms with van der Waals surface area (Å²) in [7, 11) is 4.10. The maximum atomic E-state index is 6.10. The number of likely N-dealkylation sites (N-methyl/N-ethyl adjacent to an activating group) is 1. The van der Waals surface area contributed by atoms with Crippen molar-refractivity contribution in [2.24, 2.45) is 12.8 Å². The van der Waals surface area contributed by atoms with E-state index in [0.29, 0.717) is 6.54 Å². The number of rotatable bonds is 4. The molecule has 2 unspecified atom stereocenters. The van der Waals surface area contributed by atoms with E-state index in [0.717, 1.165) is 19.4 Å². The Bertz CT molecular complexity index is 407. The van der Waals surface area contributed by atoms with Gasteiger partial charge in [0.05, 0.1) is 18.4 Å².